The van der Waals surface area contributed by atoms with E-state index in [2.05, 4.69) is 41.6 Å². The lowest BCUT2D eigenvalue weighted by molar-refractivity contribution is 1.41. The Morgan fingerprint density at radius 3 is 2.92 bits per heavy atom. The van der Waals surface area contributed by atoms with Gasteiger partial charge < -0.3 is 4.98 Å². The Hall–Kier alpha value is -1.28. The summed E-state index contributed by atoms with van der Waals surface area (Å²) in [4.78, 5) is 4.33. The molecule has 1 nitrogen and oxygen atoms in total. The highest BCUT2D eigenvalue weighted by Gasteiger charge is 1.90. The van der Waals surface area contributed by atoms with E-state index in [-0.39, 0.29) is 0 Å². The molecule has 0 aliphatic heterocycles. The SMILES string of the molecule is Cc1csc(C=Cc2cc[nH]c2)c1. The van der Waals surface area contributed by atoms with Gasteiger partial charge in [-0.2, -0.15) is 0 Å². The molecule has 0 unspecified atom stereocenters. The van der Waals surface area contributed by atoms with E-state index in [0.29, 0.717) is 0 Å². The van der Waals surface area contributed by atoms with E-state index in [1.54, 1.807) is 11.3 Å². The number of nitrogens with one attached hydrogen (secondary N) is 1. The third kappa shape index (κ3) is 2.10. The van der Waals surface area contributed by atoms with E-state index in [9.17, 15) is 0 Å². The molecule has 0 radical (unpaired) electrons. The summed E-state index contributed by atoms with van der Waals surface area (Å²) >= 11 is 1.77. The average Bonchev–Trinajstić information content (AvgIpc) is 2.71. The summed E-state index contributed by atoms with van der Waals surface area (Å²) in [5.41, 5.74) is 2.55. The van der Waals surface area contributed by atoms with Crippen molar-refractivity contribution in [3.05, 3.63) is 45.9 Å². The van der Waals surface area contributed by atoms with Crippen LogP contribution < -0.4 is 0 Å². The summed E-state index contributed by atoms with van der Waals surface area (Å²) in [7, 11) is 0. The Balaban J connectivity index is 2.14. The van der Waals surface area contributed by atoms with Gasteiger partial charge in [0.1, 0.15) is 0 Å². The Morgan fingerprint density at radius 1 is 1.38 bits per heavy atom. The lowest BCUT2D eigenvalue weighted by Gasteiger charge is -1.83. The van der Waals surface area contributed by atoms with Crippen LogP contribution in [-0.4, -0.2) is 4.98 Å². The average molecular weight is 189 g/mol. The van der Waals surface area contributed by atoms with Crippen LogP contribution in [0.3, 0.4) is 0 Å². The van der Waals surface area contributed by atoms with Crippen LogP contribution in [-0.2, 0) is 0 Å². The first-order valence-electron chi connectivity index (χ1n) is 4.20. The van der Waals surface area contributed by atoms with Crippen molar-refractivity contribution in [2.45, 2.75) is 6.92 Å². The predicted molar refractivity (Wildman–Crippen MR) is 58.8 cm³/mol. The number of H-pyrrole nitrogens is 1. The van der Waals surface area contributed by atoms with E-state index in [4.69, 9.17) is 0 Å². The summed E-state index contributed by atoms with van der Waals surface area (Å²) in [6.07, 6.45) is 8.17. The van der Waals surface area contributed by atoms with E-state index in [0.717, 1.165) is 0 Å². The van der Waals surface area contributed by atoms with Crippen LogP contribution >= 0.6 is 11.3 Å². The van der Waals surface area contributed by atoms with Crippen LogP contribution in [0.25, 0.3) is 12.2 Å². The number of thiophene rings is 1. The van der Waals surface area contributed by atoms with Gasteiger partial charge in [0.2, 0.25) is 0 Å². The first-order valence-corrected chi connectivity index (χ1v) is 5.08. The first kappa shape index (κ1) is 8.32. The van der Waals surface area contributed by atoms with Crippen molar-refractivity contribution < 1.29 is 0 Å². The lowest BCUT2D eigenvalue weighted by Crippen LogP contribution is -1.61. The second kappa shape index (κ2) is 3.62. The van der Waals surface area contributed by atoms with E-state index in [1.165, 1.54) is 16.0 Å². The highest BCUT2D eigenvalue weighted by Crippen LogP contribution is 2.16. The van der Waals surface area contributed by atoms with Gasteiger partial charge in [0.25, 0.3) is 0 Å². The maximum Gasteiger partial charge on any atom is 0.0273 e. The molecule has 2 aromatic heterocycles. The van der Waals surface area contributed by atoms with Gasteiger partial charge in [-0.05, 0) is 41.6 Å². The van der Waals surface area contributed by atoms with Gasteiger partial charge >= 0.3 is 0 Å². The zero-order valence-corrected chi connectivity index (χ0v) is 8.27. The third-order valence-corrected chi connectivity index (χ3v) is 2.83. The summed E-state index contributed by atoms with van der Waals surface area (Å²) in [5, 5.41) is 2.16. The Morgan fingerprint density at radius 2 is 2.31 bits per heavy atom. The molecule has 2 aromatic rings. The van der Waals surface area contributed by atoms with Gasteiger partial charge in [-0.3, -0.25) is 0 Å². The molecular formula is C11H11NS. The molecule has 2 heteroatoms. The van der Waals surface area contributed by atoms with Crippen molar-refractivity contribution in [1.29, 1.82) is 0 Å². The van der Waals surface area contributed by atoms with Crippen LogP contribution in [0, 0.1) is 6.92 Å². The molecule has 0 saturated carbocycles. The molecule has 0 aliphatic rings. The van der Waals surface area contributed by atoms with Gasteiger partial charge in [0.05, 0.1) is 0 Å². The smallest absolute Gasteiger partial charge is 0.0273 e. The van der Waals surface area contributed by atoms with Crippen LogP contribution in [0.2, 0.25) is 0 Å². The minimum absolute atomic E-state index is 1.21. The molecule has 2 rings (SSSR count). The molecule has 1 N–H and O–H groups in total. The topological polar surface area (TPSA) is 15.8 Å². The van der Waals surface area contributed by atoms with Crippen molar-refractivity contribution in [3.63, 3.8) is 0 Å². The number of aromatic nitrogens is 1. The summed E-state index contributed by atoms with van der Waals surface area (Å²) < 4.78 is 0. The number of aromatic amines is 1. The molecule has 0 bridgehead atoms. The molecule has 2 heterocycles. The monoisotopic (exact) mass is 189 g/mol. The van der Waals surface area contributed by atoms with Crippen LogP contribution in [0.4, 0.5) is 0 Å². The molecule has 0 saturated heterocycles. The Kier molecular flexibility index (Phi) is 2.32. The molecule has 0 aliphatic carbocycles. The van der Waals surface area contributed by atoms with E-state index < -0.39 is 0 Å². The maximum absolute atomic E-state index is 3.02. The second-order valence-electron chi connectivity index (χ2n) is 3.00. The van der Waals surface area contributed by atoms with Crippen LogP contribution in [0.5, 0.6) is 0 Å². The fourth-order valence-corrected chi connectivity index (χ4v) is 1.95. The lowest BCUT2D eigenvalue weighted by atomic mass is 10.3. The molecule has 0 aromatic carbocycles. The van der Waals surface area contributed by atoms with Crippen molar-refractivity contribution in [3.8, 4) is 0 Å². The summed E-state index contributed by atoms with van der Waals surface area (Å²) in [6, 6.07) is 4.24. The largest absolute Gasteiger partial charge is 0.367 e. The number of hydrogen-bond donors (Lipinski definition) is 1. The molecule has 66 valence electrons. The standard InChI is InChI=1S/C11H11NS/c1-9-6-11(13-8-9)3-2-10-4-5-12-7-10/h2-8,12H,1H3. The zero-order chi connectivity index (χ0) is 9.10. The maximum atomic E-state index is 3.02. The minimum atomic E-state index is 1.21. The van der Waals surface area contributed by atoms with Crippen LogP contribution in [0.1, 0.15) is 16.0 Å². The molecular weight excluding hydrogens is 178 g/mol. The highest BCUT2D eigenvalue weighted by molar-refractivity contribution is 7.11. The Labute approximate surface area is 81.7 Å². The van der Waals surface area contributed by atoms with Gasteiger partial charge in [0, 0.05) is 17.3 Å². The van der Waals surface area contributed by atoms with Crippen molar-refractivity contribution in [2.75, 3.05) is 0 Å². The number of hydrogen-bond acceptors (Lipinski definition) is 1. The molecule has 0 fully saturated rings. The quantitative estimate of drug-likeness (QED) is 0.743. The van der Waals surface area contributed by atoms with E-state index in [1.807, 2.05) is 12.4 Å². The van der Waals surface area contributed by atoms with Crippen molar-refractivity contribution in [2.24, 2.45) is 0 Å². The normalized spacial score (nSPS) is 11.2. The van der Waals surface area contributed by atoms with Gasteiger partial charge in [0.15, 0.2) is 0 Å². The summed E-state index contributed by atoms with van der Waals surface area (Å²) in [6.45, 7) is 2.12. The van der Waals surface area contributed by atoms with E-state index >= 15 is 0 Å². The molecule has 0 spiro atoms. The predicted octanol–water partition coefficient (Wildman–Crippen LogP) is 3.56. The second-order valence-corrected chi connectivity index (χ2v) is 3.95. The van der Waals surface area contributed by atoms with Gasteiger partial charge in [-0.25, -0.2) is 0 Å². The number of aryl methyl sites for hydroxylation is 1. The fraction of sp³-hybridized carbons (Fsp3) is 0.0909. The first-order chi connectivity index (χ1) is 6.34. The fourth-order valence-electron chi connectivity index (χ4n) is 1.16. The van der Waals surface area contributed by atoms with Crippen molar-refractivity contribution in [1.82, 2.24) is 4.98 Å². The molecule has 0 atom stereocenters. The van der Waals surface area contributed by atoms with Crippen LogP contribution in [0.15, 0.2) is 29.9 Å². The Bertz CT molecular complexity index is 395. The molecule has 13 heavy (non-hydrogen) atoms. The van der Waals surface area contributed by atoms with Gasteiger partial charge in [-0.15, -0.1) is 11.3 Å². The molecule has 0 amide bonds. The zero-order valence-electron chi connectivity index (χ0n) is 7.45. The number of rotatable bonds is 2. The van der Waals surface area contributed by atoms with Gasteiger partial charge in [-0.1, -0.05) is 6.08 Å². The summed E-state index contributed by atoms with van der Waals surface area (Å²) in [5.74, 6) is 0. The highest BCUT2D eigenvalue weighted by atomic mass is 32.1. The van der Waals surface area contributed by atoms with Crippen molar-refractivity contribution >= 4 is 23.5 Å². The minimum Gasteiger partial charge on any atom is -0.367 e. The third-order valence-electron chi connectivity index (χ3n) is 1.81.